The van der Waals surface area contributed by atoms with E-state index in [1.165, 1.54) is 13.8 Å². The Bertz CT molecular complexity index is 211. The van der Waals surface area contributed by atoms with Gasteiger partial charge >= 0.3 is 9.28 Å². The molecule has 0 rings (SSSR count). The molecule has 0 aromatic heterocycles. The van der Waals surface area contributed by atoms with Gasteiger partial charge in [-0.3, -0.25) is 9.59 Å². The standard InChI is InChI=1S/C9H16O4Si/c1-5-9(6-2)14(12-7(3)10)13-8(4)11/h5,9,14H,1,6H2,2-4H3. The van der Waals surface area contributed by atoms with Crippen molar-refractivity contribution in [1.82, 2.24) is 0 Å². The number of allylic oxidation sites excluding steroid dienone is 1. The molecular weight excluding hydrogens is 200 g/mol. The second kappa shape index (κ2) is 6.37. The van der Waals surface area contributed by atoms with E-state index in [4.69, 9.17) is 8.85 Å². The molecule has 0 aliphatic heterocycles. The third-order valence-corrected chi connectivity index (χ3v) is 4.26. The molecule has 1 atom stereocenters. The molecule has 0 amide bonds. The number of rotatable bonds is 5. The zero-order valence-corrected chi connectivity index (χ0v) is 9.93. The van der Waals surface area contributed by atoms with Crippen molar-refractivity contribution in [2.45, 2.75) is 32.7 Å². The molecule has 0 aliphatic carbocycles. The van der Waals surface area contributed by atoms with E-state index in [0.29, 0.717) is 0 Å². The van der Waals surface area contributed by atoms with E-state index in [0.717, 1.165) is 6.42 Å². The number of carbonyl (C=O) groups excluding carboxylic acids is 2. The molecule has 0 saturated heterocycles. The third kappa shape index (κ3) is 4.81. The summed E-state index contributed by atoms with van der Waals surface area (Å²) in [4.78, 5) is 21.5. The van der Waals surface area contributed by atoms with Crippen LogP contribution in [0.25, 0.3) is 0 Å². The van der Waals surface area contributed by atoms with Crippen molar-refractivity contribution >= 4 is 21.2 Å². The monoisotopic (exact) mass is 216 g/mol. The molecule has 0 aliphatic rings. The molecule has 14 heavy (non-hydrogen) atoms. The summed E-state index contributed by atoms with van der Waals surface area (Å²) >= 11 is 0. The van der Waals surface area contributed by atoms with Crippen LogP contribution in [-0.4, -0.2) is 21.2 Å². The molecule has 0 spiro atoms. The zero-order chi connectivity index (χ0) is 11.1. The molecule has 0 bridgehead atoms. The van der Waals surface area contributed by atoms with Gasteiger partial charge in [0.2, 0.25) is 0 Å². The van der Waals surface area contributed by atoms with Crippen molar-refractivity contribution < 1.29 is 18.4 Å². The van der Waals surface area contributed by atoms with E-state index in [-0.39, 0.29) is 5.54 Å². The van der Waals surface area contributed by atoms with Gasteiger partial charge < -0.3 is 8.85 Å². The fourth-order valence-electron chi connectivity index (χ4n) is 0.996. The van der Waals surface area contributed by atoms with Crippen LogP contribution in [0.2, 0.25) is 5.54 Å². The fourth-order valence-corrected chi connectivity index (χ4v) is 2.66. The van der Waals surface area contributed by atoms with Crippen molar-refractivity contribution in [2.75, 3.05) is 0 Å². The van der Waals surface area contributed by atoms with Gasteiger partial charge in [-0.05, 0) is 6.42 Å². The topological polar surface area (TPSA) is 52.6 Å². The van der Waals surface area contributed by atoms with E-state index >= 15 is 0 Å². The summed E-state index contributed by atoms with van der Waals surface area (Å²) in [6.45, 7) is 8.16. The fraction of sp³-hybridized carbons (Fsp3) is 0.556. The van der Waals surface area contributed by atoms with E-state index < -0.39 is 21.2 Å². The first-order valence-corrected chi connectivity index (χ1v) is 6.09. The molecule has 0 fully saturated rings. The minimum absolute atomic E-state index is 0.0252. The Labute approximate surface area is 85.7 Å². The zero-order valence-electron chi connectivity index (χ0n) is 8.78. The Kier molecular flexibility index (Phi) is 5.86. The summed E-state index contributed by atoms with van der Waals surface area (Å²) in [6, 6.07) is 0. The van der Waals surface area contributed by atoms with Gasteiger partial charge in [0, 0.05) is 19.4 Å². The van der Waals surface area contributed by atoms with Crippen molar-refractivity contribution in [3.05, 3.63) is 12.7 Å². The molecule has 0 saturated carbocycles. The highest BCUT2D eigenvalue weighted by molar-refractivity contribution is 6.51. The van der Waals surface area contributed by atoms with E-state index in [1.54, 1.807) is 6.08 Å². The van der Waals surface area contributed by atoms with Crippen molar-refractivity contribution in [3.63, 3.8) is 0 Å². The molecule has 5 heteroatoms. The minimum Gasteiger partial charge on any atom is -0.487 e. The van der Waals surface area contributed by atoms with Gasteiger partial charge in [0.05, 0.1) is 0 Å². The molecule has 0 N–H and O–H groups in total. The Morgan fingerprint density at radius 3 is 2.00 bits per heavy atom. The predicted molar refractivity (Wildman–Crippen MR) is 54.9 cm³/mol. The van der Waals surface area contributed by atoms with Gasteiger partial charge in [0.15, 0.2) is 0 Å². The summed E-state index contributed by atoms with van der Waals surface area (Å²) in [7, 11) is -2.28. The quantitative estimate of drug-likeness (QED) is 0.513. The van der Waals surface area contributed by atoms with Crippen LogP contribution in [0.3, 0.4) is 0 Å². The Hall–Kier alpha value is -1.10. The summed E-state index contributed by atoms with van der Waals surface area (Å²) in [5.74, 6) is -0.827. The lowest BCUT2D eigenvalue weighted by molar-refractivity contribution is -0.137. The molecule has 0 aromatic carbocycles. The number of hydrogen-bond acceptors (Lipinski definition) is 4. The maximum Gasteiger partial charge on any atom is 0.455 e. The summed E-state index contributed by atoms with van der Waals surface area (Å²) in [6.07, 6.45) is 2.42. The van der Waals surface area contributed by atoms with Crippen molar-refractivity contribution in [3.8, 4) is 0 Å². The van der Waals surface area contributed by atoms with Crippen LogP contribution in [0.5, 0.6) is 0 Å². The van der Waals surface area contributed by atoms with Crippen molar-refractivity contribution in [2.24, 2.45) is 0 Å². The van der Waals surface area contributed by atoms with Gasteiger partial charge in [-0.15, -0.1) is 6.58 Å². The first-order valence-electron chi connectivity index (χ1n) is 4.48. The highest BCUT2D eigenvalue weighted by Crippen LogP contribution is 2.18. The smallest absolute Gasteiger partial charge is 0.455 e. The molecule has 0 radical (unpaired) electrons. The average molecular weight is 216 g/mol. The second-order valence-electron chi connectivity index (χ2n) is 2.90. The Morgan fingerprint density at radius 2 is 1.79 bits per heavy atom. The van der Waals surface area contributed by atoms with Gasteiger partial charge in [-0.1, -0.05) is 13.0 Å². The highest BCUT2D eigenvalue weighted by Gasteiger charge is 2.27. The largest absolute Gasteiger partial charge is 0.487 e. The molecular formula is C9H16O4Si. The van der Waals surface area contributed by atoms with E-state index in [2.05, 4.69) is 6.58 Å². The van der Waals surface area contributed by atoms with Gasteiger partial charge in [-0.2, -0.15) is 0 Å². The molecule has 1 unspecified atom stereocenters. The van der Waals surface area contributed by atoms with Crippen LogP contribution in [0, 0.1) is 0 Å². The van der Waals surface area contributed by atoms with Crippen LogP contribution in [0.15, 0.2) is 12.7 Å². The first-order chi connectivity index (χ1) is 6.51. The van der Waals surface area contributed by atoms with Crippen LogP contribution in [-0.2, 0) is 18.4 Å². The molecule has 0 aromatic rings. The summed E-state index contributed by atoms with van der Waals surface area (Å²) < 4.78 is 9.98. The van der Waals surface area contributed by atoms with Crippen LogP contribution in [0.4, 0.5) is 0 Å². The van der Waals surface area contributed by atoms with Crippen LogP contribution >= 0.6 is 0 Å². The molecule has 4 nitrogen and oxygen atoms in total. The maximum absolute atomic E-state index is 10.8. The van der Waals surface area contributed by atoms with Gasteiger partial charge in [0.1, 0.15) is 0 Å². The van der Waals surface area contributed by atoms with E-state index in [1.807, 2.05) is 6.92 Å². The van der Waals surface area contributed by atoms with E-state index in [9.17, 15) is 9.59 Å². The van der Waals surface area contributed by atoms with Crippen molar-refractivity contribution in [1.29, 1.82) is 0 Å². The Balaban J connectivity index is 4.42. The summed E-state index contributed by atoms with van der Waals surface area (Å²) in [5.41, 5.74) is -0.0252. The predicted octanol–water partition coefficient (Wildman–Crippen LogP) is 1.30. The van der Waals surface area contributed by atoms with Gasteiger partial charge in [-0.25, -0.2) is 0 Å². The maximum atomic E-state index is 10.8. The van der Waals surface area contributed by atoms with Crippen LogP contribution in [0.1, 0.15) is 27.2 Å². The SMILES string of the molecule is C=CC(CC)[SiH](OC(C)=O)OC(C)=O. The normalized spacial score (nSPS) is 12.0. The molecule has 0 heterocycles. The second-order valence-corrected chi connectivity index (χ2v) is 4.96. The lowest BCUT2D eigenvalue weighted by atomic mass is 10.3. The minimum atomic E-state index is -2.28. The lowest BCUT2D eigenvalue weighted by Gasteiger charge is -2.19. The summed E-state index contributed by atoms with van der Waals surface area (Å²) in [5, 5.41) is 0. The van der Waals surface area contributed by atoms with Crippen LogP contribution < -0.4 is 0 Å². The first kappa shape index (κ1) is 12.9. The highest BCUT2D eigenvalue weighted by atomic mass is 28.3. The lowest BCUT2D eigenvalue weighted by Crippen LogP contribution is -2.31. The van der Waals surface area contributed by atoms with Gasteiger partial charge in [0.25, 0.3) is 11.9 Å². The molecule has 80 valence electrons. The number of hydrogen-bond donors (Lipinski definition) is 0. The third-order valence-electron chi connectivity index (χ3n) is 1.69. The number of carbonyl (C=O) groups is 2. The average Bonchev–Trinajstić information content (AvgIpc) is 2.03. The Morgan fingerprint density at radius 1 is 1.36 bits per heavy atom.